The van der Waals surface area contributed by atoms with Crippen LogP contribution in [0.4, 0.5) is 0 Å². The van der Waals surface area contributed by atoms with Gasteiger partial charge in [0.05, 0.1) is 0 Å². The molecular formula is C20H22O. The molecule has 0 unspecified atom stereocenters. The quantitative estimate of drug-likeness (QED) is 0.777. The summed E-state index contributed by atoms with van der Waals surface area (Å²) in [5, 5.41) is 0. The van der Waals surface area contributed by atoms with Crippen molar-refractivity contribution in [3.63, 3.8) is 0 Å². The molecule has 3 rings (SSSR count). The van der Waals surface area contributed by atoms with Gasteiger partial charge in [0.15, 0.2) is 0 Å². The van der Waals surface area contributed by atoms with Crippen LogP contribution in [0.5, 0.6) is 0 Å². The molecule has 0 saturated heterocycles. The fourth-order valence-corrected chi connectivity index (χ4v) is 3.54. The summed E-state index contributed by atoms with van der Waals surface area (Å²) in [5.74, 6) is 1.33. The van der Waals surface area contributed by atoms with E-state index in [4.69, 9.17) is 0 Å². The molecule has 1 nitrogen and oxygen atoms in total. The van der Waals surface area contributed by atoms with Crippen molar-refractivity contribution in [2.75, 3.05) is 0 Å². The van der Waals surface area contributed by atoms with Crippen molar-refractivity contribution in [2.24, 2.45) is 11.8 Å². The van der Waals surface area contributed by atoms with Gasteiger partial charge < -0.3 is 0 Å². The van der Waals surface area contributed by atoms with Gasteiger partial charge in [-0.25, -0.2) is 0 Å². The molecule has 1 aliphatic rings. The van der Waals surface area contributed by atoms with Crippen molar-refractivity contribution in [3.05, 3.63) is 60.2 Å². The highest BCUT2D eigenvalue weighted by molar-refractivity contribution is 5.78. The van der Waals surface area contributed by atoms with Crippen molar-refractivity contribution in [1.29, 1.82) is 0 Å². The Kier molecular flexibility index (Phi) is 4.19. The fourth-order valence-electron chi connectivity index (χ4n) is 3.54. The van der Waals surface area contributed by atoms with Crippen LogP contribution in [0.25, 0.3) is 11.1 Å². The second-order valence-corrected chi connectivity index (χ2v) is 6.21. The molecule has 0 aliphatic heterocycles. The minimum atomic E-state index is 0.305. The van der Waals surface area contributed by atoms with Crippen LogP contribution in [0.3, 0.4) is 0 Å². The van der Waals surface area contributed by atoms with Gasteiger partial charge in [-0.2, -0.15) is 0 Å². The summed E-state index contributed by atoms with van der Waals surface area (Å²) in [6.07, 6.45) is 4.42. The molecule has 0 bridgehead atoms. The highest BCUT2D eigenvalue weighted by Crippen LogP contribution is 2.35. The third-order valence-electron chi connectivity index (χ3n) is 4.73. The minimum absolute atomic E-state index is 0.305. The van der Waals surface area contributed by atoms with Crippen LogP contribution >= 0.6 is 0 Å². The first-order valence-corrected chi connectivity index (χ1v) is 7.88. The van der Waals surface area contributed by atoms with E-state index in [1.54, 1.807) is 6.92 Å². The largest absolute Gasteiger partial charge is 0.300 e. The Bertz CT molecular complexity index is 615. The summed E-state index contributed by atoms with van der Waals surface area (Å²) in [4.78, 5) is 11.5. The molecule has 0 radical (unpaired) electrons. The normalized spacial score (nSPS) is 21.4. The highest BCUT2D eigenvalue weighted by atomic mass is 16.1. The number of benzene rings is 2. The molecule has 0 heterocycles. The molecule has 1 aliphatic carbocycles. The van der Waals surface area contributed by atoms with Crippen molar-refractivity contribution in [2.45, 2.75) is 32.6 Å². The second-order valence-electron chi connectivity index (χ2n) is 6.21. The van der Waals surface area contributed by atoms with Gasteiger partial charge in [-0.05, 0) is 55.2 Å². The Hall–Kier alpha value is -1.89. The molecule has 0 N–H and O–H groups in total. The number of carbonyl (C=O) groups is 1. The van der Waals surface area contributed by atoms with E-state index < -0.39 is 0 Å². The lowest BCUT2D eigenvalue weighted by Gasteiger charge is -2.14. The van der Waals surface area contributed by atoms with Gasteiger partial charge in [0.1, 0.15) is 5.78 Å². The van der Waals surface area contributed by atoms with E-state index in [2.05, 4.69) is 54.6 Å². The number of hydrogen-bond acceptors (Lipinski definition) is 1. The molecule has 0 spiro atoms. The van der Waals surface area contributed by atoms with Crippen LogP contribution in [-0.2, 0) is 11.2 Å². The number of rotatable bonds is 4. The number of carbonyl (C=O) groups excluding carboxylic acids is 1. The number of ketones is 1. The van der Waals surface area contributed by atoms with Crippen LogP contribution in [0, 0.1) is 11.8 Å². The van der Waals surface area contributed by atoms with Gasteiger partial charge in [0, 0.05) is 5.92 Å². The lowest BCUT2D eigenvalue weighted by molar-refractivity contribution is -0.120. The summed E-state index contributed by atoms with van der Waals surface area (Å²) in [5.41, 5.74) is 4.04. The maximum atomic E-state index is 11.5. The Morgan fingerprint density at radius 3 is 2.43 bits per heavy atom. The second kappa shape index (κ2) is 6.26. The average molecular weight is 278 g/mol. The molecule has 108 valence electrons. The SMILES string of the molecule is CC(=O)[C@@H]1CC[C@@H](Cc2ccccc2-c2ccccc2)C1. The Morgan fingerprint density at radius 1 is 1.00 bits per heavy atom. The third-order valence-corrected chi connectivity index (χ3v) is 4.73. The molecule has 1 saturated carbocycles. The highest BCUT2D eigenvalue weighted by Gasteiger charge is 2.28. The molecule has 21 heavy (non-hydrogen) atoms. The van der Waals surface area contributed by atoms with E-state index in [0.29, 0.717) is 17.6 Å². The maximum absolute atomic E-state index is 11.5. The first-order valence-electron chi connectivity index (χ1n) is 7.88. The zero-order valence-electron chi connectivity index (χ0n) is 12.6. The van der Waals surface area contributed by atoms with Crippen molar-refractivity contribution in [1.82, 2.24) is 0 Å². The van der Waals surface area contributed by atoms with Gasteiger partial charge in [0.25, 0.3) is 0 Å². The summed E-state index contributed by atoms with van der Waals surface area (Å²) >= 11 is 0. The molecular weight excluding hydrogens is 256 g/mol. The molecule has 0 aromatic heterocycles. The van der Waals surface area contributed by atoms with Gasteiger partial charge in [-0.1, -0.05) is 54.6 Å². The van der Waals surface area contributed by atoms with Gasteiger partial charge in [0.2, 0.25) is 0 Å². The van der Waals surface area contributed by atoms with E-state index in [9.17, 15) is 4.79 Å². The number of hydrogen-bond donors (Lipinski definition) is 0. The van der Waals surface area contributed by atoms with E-state index in [-0.39, 0.29) is 0 Å². The summed E-state index contributed by atoms with van der Waals surface area (Å²) in [6.45, 7) is 1.74. The lowest BCUT2D eigenvalue weighted by Crippen LogP contribution is -2.07. The van der Waals surface area contributed by atoms with Crippen LogP contribution in [0.1, 0.15) is 31.7 Å². The number of Topliss-reactive ketones (excluding diaryl/α,β-unsaturated/α-hetero) is 1. The standard InChI is InChI=1S/C20H22O/c1-15(21)18-12-11-16(13-18)14-19-9-5-6-10-20(19)17-7-3-2-4-8-17/h2-10,16,18H,11-14H2,1H3/t16-,18-/m1/s1. The molecule has 1 heteroatoms. The van der Waals surface area contributed by atoms with Crippen LogP contribution in [-0.4, -0.2) is 5.78 Å². The van der Waals surface area contributed by atoms with Gasteiger partial charge in [-0.3, -0.25) is 4.79 Å². The van der Waals surface area contributed by atoms with Crippen molar-refractivity contribution >= 4 is 5.78 Å². The summed E-state index contributed by atoms with van der Waals surface area (Å²) in [6, 6.07) is 19.3. The first kappa shape index (κ1) is 14.1. The third kappa shape index (κ3) is 3.24. The van der Waals surface area contributed by atoms with Gasteiger partial charge in [-0.15, -0.1) is 0 Å². The predicted octanol–water partition coefficient (Wildman–Crippen LogP) is 4.90. The Labute approximate surface area is 127 Å². The van der Waals surface area contributed by atoms with E-state index in [1.165, 1.54) is 23.1 Å². The Balaban J connectivity index is 1.79. The van der Waals surface area contributed by atoms with E-state index in [0.717, 1.165) is 19.3 Å². The van der Waals surface area contributed by atoms with Crippen LogP contribution in [0.2, 0.25) is 0 Å². The minimum Gasteiger partial charge on any atom is -0.300 e. The summed E-state index contributed by atoms with van der Waals surface area (Å²) < 4.78 is 0. The molecule has 2 aromatic carbocycles. The zero-order valence-corrected chi connectivity index (χ0v) is 12.6. The maximum Gasteiger partial charge on any atom is 0.132 e. The monoisotopic (exact) mass is 278 g/mol. The van der Waals surface area contributed by atoms with Crippen LogP contribution < -0.4 is 0 Å². The van der Waals surface area contributed by atoms with Crippen LogP contribution in [0.15, 0.2) is 54.6 Å². The summed E-state index contributed by atoms with van der Waals surface area (Å²) in [7, 11) is 0. The fraction of sp³-hybridized carbons (Fsp3) is 0.350. The molecule has 2 aromatic rings. The first-order chi connectivity index (χ1) is 10.2. The smallest absolute Gasteiger partial charge is 0.132 e. The average Bonchev–Trinajstić information content (AvgIpc) is 2.98. The topological polar surface area (TPSA) is 17.1 Å². The zero-order chi connectivity index (χ0) is 14.7. The predicted molar refractivity (Wildman–Crippen MR) is 87.1 cm³/mol. The van der Waals surface area contributed by atoms with Crippen molar-refractivity contribution in [3.8, 4) is 11.1 Å². The van der Waals surface area contributed by atoms with E-state index >= 15 is 0 Å². The molecule has 1 fully saturated rings. The van der Waals surface area contributed by atoms with E-state index in [1.807, 2.05) is 0 Å². The van der Waals surface area contributed by atoms with Gasteiger partial charge >= 0.3 is 0 Å². The lowest BCUT2D eigenvalue weighted by atomic mass is 9.90. The molecule has 0 amide bonds. The van der Waals surface area contributed by atoms with Crippen molar-refractivity contribution < 1.29 is 4.79 Å². The molecule has 2 atom stereocenters. The Morgan fingerprint density at radius 2 is 1.71 bits per heavy atom.